The Bertz CT molecular complexity index is 141. The first-order valence-corrected chi connectivity index (χ1v) is 5.68. The van der Waals surface area contributed by atoms with E-state index in [9.17, 15) is 0 Å². The van der Waals surface area contributed by atoms with E-state index in [1.807, 2.05) is 0 Å². The molecule has 1 aliphatic carbocycles. The highest BCUT2D eigenvalue weighted by molar-refractivity contribution is 4.92. The molecule has 2 atom stereocenters. The van der Waals surface area contributed by atoms with Gasteiger partial charge in [-0.15, -0.1) is 0 Å². The highest BCUT2D eigenvalue weighted by Gasteiger charge is 2.34. The Morgan fingerprint density at radius 2 is 2.14 bits per heavy atom. The van der Waals surface area contributed by atoms with Gasteiger partial charge in [0.15, 0.2) is 0 Å². The monoisotopic (exact) mass is 201 g/mol. The second-order valence-electron chi connectivity index (χ2n) is 3.95. The number of methoxy groups -OCH3 is 1. The molecule has 0 aromatic heterocycles. The van der Waals surface area contributed by atoms with Crippen molar-refractivity contribution < 1.29 is 9.47 Å². The Morgan fingerprint density at radius 1 is 1.29 bits per heavy atom. The van der Waals surface area contributed by atoms with E-state index in [0.717, 1.165) is 25.1 Å². The van der Waals surface area contributed by atoms with Crippen molar-refractivity contribution in [2.24, 2.45) is 5.92 Å². The van der Waals surface area contributed by atoms with Crippen molar-refractivity contribution in [2.75, 3.05) is 33.5 Å². The molecule has 0 amide bonds. The van der Waals surface area contributed by atoms with Crippen LogP contribution in [0, 0.1) is 5.92 Å². The molecule has 0 spiro atoms. The third kappa shape index (κ3) is 4.94. The Morgan fingerprint density at radius 3 is 2.86 bits per heavy atom. The minimum Gasteiger partial charge on any atom is -0.382 e. The van der Waals surface area contributed by atoms with Crippen LogP contribution in [-0.4, -0.2) is 39.5 Å². The molecule has 0 bridgehead atoms. The summed E-state index contributed by atoms with van der Waals surface area (Å²) in [6, 6.07) is 0.779. The van der Waals surface area contributed by atoms with Gasteiger partial charge < -0.3 is 14.8 Å². The van der Waals surface area contributed by atoms with Crippen molar-refractivity contribution in [3.63, 3.8) is 0 Å². The van der Waals surface area contributed by atoms with E-state index in [4.69, 9.17) is 9.47 Å². The number of hydrogen-bond donors (Lipinski definition) is 1. The number of ether oxygens (including phenoxy) is 2. The summed E-state index contributed by atoms with van der Waals surface area (Å²) in [6.45, 7) is 5.44. The van der Waals surface area contributed by atoms with Crippen LogP contribution < -0.4 is 5.32 Å². The third-order valence-corrected chi connectivity index (χ3v) is 2.67. The van der Waals surface area contributed by atoms with E-state index in [0.29, 0.717) is 13.2 Å². The van der Waals surface area contributed by atoms with E-state index in [1.165, 1.54) is 19.3 Å². The summed E-state index contributed by atoms with van der Waals surface area (Å²) >= 11 is 0. The molecule has 1 rings (SSSR count). The van der Waals surface area contributed by atoms with Gasteiger partial charge in [-0.25, -0.2) is 0 Å². The molecule has 0 radical (unpaired) electrons. The highest BCUT2D eigenvalue weighted by atomic mass is 16.5. The molecule has 2 unspecified atom stereocenters. The van der Waals surface area contributed by atoms with E-state index in [1.54, 1.807) is 7.11 Å². The summed E-state index contributed by atoms with van der Waals surface area (Å²) in [5, 5.41) is 3.50. The fourth-order valence-electron chi connectivity index (χ4n) is 1.75. The third-order valence-electron chi connectivity index (χ3n) is 2.67. The highest BCUT2D eigenvalue weighted by Crippen LogP contribution is 2.34. The zero-order valence-electron chi connectivity index (χ0n) is 9.42. The fraction of sp³-hybridized carbons (Fsp3) is 1.00. The van der Waals surface area contributed by atoms with E-state index in [2.05, 4.69) is 12.2 Å². The topological polar surface area (TPSA) is 30.5 Å². The summed E-state index contributed by atoms with van der Waals surface area (Å²) in [6.07, 6.45) is 4.06. The van der Waals surface area contributed by atoms with Crippen LogP contribution in [0.1, 0.15) is 26.2 Å². The Labute approximate surface area is 87.2 Å². The van der Waals surface area contributed by atoms with Gasteiger partial charge in [0.1, 0.15) is 0 Å². The zero-order valence-corrected chi connectivity index (χ0v) is 9.42. The number of hydrogen-bond acceptors (Lipinski definition) is 3. The summed E-state index contributed by atoms with van der Waals surface area (Å²) < 4.78 is 10.2. The molecule has 0 heterocycles. The average molecular weight is 201 g/mol. The van der Waals surface area contributed by atoms with E-state index >= 15 is 0 Å². The average Bonchev–Trinajstić information content (AvgIpc) is 2.91. The fourth-order valence-corrected chi connectivity index (χ4v) is 1.75. The van der Waals surface area contributed by atoms with Crippen LogP contribution in [0.15, 0.2) is 0 Å². The second-order valence-corrected chi connectivity index (χ2v) is 3.95. The van der Waals surface area contributed by atoms with Gasteiger partial charge in [-0.2, -0.15) is 0 Å². The molecule has 0 aromatic rings. The molecule has 0 aliphatic heterocycles. The van der Waals surface area contributed by atoms with Crippen LogP contribution in [-0.2, 0) is 9.47 Å². The molecular weight excluding hydrogens is 178 g/mol. The summed E-state index contributed by atoms with van der Waals surface area (Å²) in [4.78, 5) is 0. The molecule has 84 valence electrons. The molecular formula is C11H23NO2. The lowest BCUT2D eigenvalue weighted by Crippen LogP contribution is -2.23. The molecule has 1 fully saturated rings. The molecule has 3 nitrogen and oxygen atoms in total. The van der Waals surface area contributed by atoms with Crippen LogP contribution in [0.3, 0.4) is 0 Å². The molecule has 1 aliphatic rings. The SMILES string of the molecule is CCCC1CC1NCCOCCOC. The molecule has 3 heteroatoms. The van der Waals surface area contributed by atoms with Crippen molar-refractivity contribution in [3.8, 4) is 0 Å². The predicted octanol–water partition coefficient (Wildman–Crippen LogP) is 1.43. The van der Waals surface area contributed by atoms with Gasteiger partial charge in [0, 0.05) is 19.7 Å². The van der Waals surface area contributed by atoms with Crippen LogP contribution in [0.4, 0.5) is 0 Å². The Hall–Kier alpha value is -0.120. The van der Waals surface area contributed by atoms with Gasteiger partial charge in [-0.05, 0) is 18.8 Å². The standard InChI is InChI=1S/C11H23NO2/c1-3-4-10-9-11(10)12-5-6-14-8-7-13-2/h10-12H,3-9H2,1-2H3. The van der Waals surface area contributed by atoms with Crippen molar-refractivity contribution in [1.82, 2.24) is 5.32 Å². The lowest BCUT2D eigenvalue weighted by Gasteiger charge is -2.05. The van der Waals surface area contributed by atoms with Crippen LogP contribution in [0.5, 0.6) is 0 Å². The van der Waals surface area contributed by atoms with Crippen LogP contribution in [0.25, 0.3) is 0 Å². The Kier molecular flexibility index (Phi) is 6.15. The van der Waals surface area contributed by atoms with Crippen molar-refractivity contribution in [2.45, 2.75) is 32.2 Å². The van der Waals surface area contributed by atoms with Gasteiger partial charge in [0.2, 0.25) is 0 Å². The first-order valence-electron chi connectivity index (χ1n) is 5.68. The summed E-state index contributed by atoms with van der Waals surface area (Å²) in [5.41, 5.74) is 0. The maximum absolute atomic E-state index is 5.36. The Balaban J connectivity index is 1.77. The normalized spacial score (nSPS) is 25.3. The first-order chi connectivity index (χ1) is 6.88. The maximum atomic E-state index is 5.36. The lowest BCUT2D eigenvalue weighted by molar-refractivity contribution is 0.0717. The van der Waals surface area contributed by atoms with Gasteiger partial charge in [-0.1, -0.05) is 13.3 Å². The molecule has 1 N–H and O–H groups in total. The number of nitrogens with one attached hydrogen (secondary N) is 1. The second kappa shape index (κ2) is 7.21. The van der Waals surface area contributed by atoms with Crippen molar-refractivity contribution >= 4 is 0 Å². The van der Waals surface area contributed by atoms with E-state index in [-0.39, 0.29) is 0 Å². The lowest BCUT2D eigenvalue weighted by atomic mass is 10.2. The molecule has 0 saturated heterocycles. The number of rotatable bonds is 9. The summed E-state index contributed by atoms with van der Waals surface area (Å²) in [7, 11) is 1.70. The minimum atomic E-state index is 0.696. The van der Waals surface area contributed by atoms with Crippen molar-refractivity contribution in [3.05, 3.63) is 0 Å². The minimum absolute atomic E-state index is 0.696. The largest absolute Gasteiger partial charge is 0.382 e. The maximum Gasteiger partial charge on any atom is 0.0700 e. The first kappa shape index (κ1) is 12.0. The van der Waals surface area contributed by atoms with Gasteiger partial charge in [0.25, 0.3) is 0 Å². The van der Waals surface area contributed by atoms with Crippen LogP contribution >= 0.6 is 0 Å². The van der Waals surface area contributed by atoms with Gasteiger partial charge in [0.05, 0.1) is 19.8 Å². The van der Waals surface area contributed by atoms with Crippen molar-refractivity contribution in [1.29, 1.82) is 0 Å². The molecule has 0 aromatic carbocycles. The smallest absolute Gasteiger partial charge is 0.0700 e. The quantitative estimate of drug-likeness (QED) is 0.572. The molecule has 1 saturated carbocycles. The summed E-state index contributed by atoms with van der Waals surface area (Å²) in [5.74, 6) is 0.943. The predicted molar refractivity (Wildman–Crippen MR) is 57.5 cm³/mol. The van der Waals surface area contributed by atoms with Crippen LogP contribution in [0.2, 0.25) is 0 Å². The van der Waals surface area contributed by atoms with Gasteiger partial charge in [-0.3, -0.25) is 0 Å². The van der Waals surface area contributed by atoms with Gasteiger partial charge >= 0.3 is 0 Å². The van der Waals surface area contributed by atoms with E-state index < -0.39 is 0 Å². The molecule has 14 heavy (non-hydrogen) atoms. The zero-order chi connectivity index (χ0) is 10.2.